The van der Waals surface area contributed by atoms with Crippen molar-refractivity contribution in [2.45, 2.75) is 68.9 Å². The van der Waals surface area contributed by atoms with E-state index >= 15 is 0 Å². The number of carbonyl (C=O) groups is 1. The fourth-order valence-electron chi connectivity index (χ4n) is 4.60. The third-order valence-electron chi connectivity index (χ3n) is 6.40. The number of nitrogens with zero attached hydrogens (tertiary/aromatic N) is 2. The SMILES string of the molecule is CCN1OC(C(=O)O)=NC1c1ccc(S(=O)(=O)Nc2ccccc2CN[C@@H](C)CC2CCCC2)s1. The number of nitrogens with one attached hydrogen (secondary N) is 2. The van der Waals surface area contributed by atoms with E-state index in [1.54, 1.807) is 25.1 Å². The fraction of sp³-hybridized carbons (Fsp3) is 0.500. The highest BCUT2D eigenvalue weighted by Gasteiger charge is 2.34. The average molecular weight is 521 g/mol. The number of hydrogen-bond acceptors (Lipinski definition) is 8. The Morgan fingerprint density at radius 3 is 2.71 bits per heavy atom. The topological polar surface area (TPSA) is 120 Å². The molecule has 9 nitrogen and oxygen atoms in total. The number of hydrogen-bond donors (Lipinski definition) is 3. The van der Waals surface area contributed by atoms with Gasteiger partial charge in [-0.1, -0.05) is 43.9 Å². The van der Waals surface area contributed by atoms with Gasteiger partial charge in [0.05, 0.1) is 5.69 Å². The van der Waals surface area contributed by atoms with Crippen molar-refractivity contribution in [3.8, 4) is 0 Å². The number of para-hydroxylation sites is 1. The summed E-state index contributed by atoms with van der Waals surface area (Å²) in [4.78, 5) is 21.2. The molecule has 2 aliphatic rings. The Labute approximate surface area is 210 Å². The van der Waals surface area contributed by atoms with Gasteiger partial charge in [-0.2, -0.15) is 0 Å². The highest BCUT2D eigenvalue weighted by molar-refractivity contribution is 7.94. The lowest BCUT2D eigenvalue weighted by Gasteiger charge is -2.19. The van der Waals surface area contributed by atoms with E-state index in [0.29, 0.717) is 29.7 Å². The van der Waals surface area contributed by atoms with Gasteiger partial charge in [0.25, 0.3) is 10.0 Å². The van der Waals surface area contributed by atoms with E-state index in [0.717, 1.165) is 29.2 Å². The summed E-state index contributed by atoms with van der Waals surface area (Å²) in [7, 11) is -3.84. The predicted molar refractivity (Wildman–Crippen MR) is 136 cm³/mol. The molecule has 2 aromatic rings. The monoisotopic (exact) mass is 520 g/mol. The molecular formula is C24H32N4O5S2. The third-order valence-corrected chi connectivity index (χ3v) is 9.38. The van der Waals surface area contributed by atoms with Crippen molar-refractivity contribution in [3.05, 3.63) is 46.8 Å². The molecule has 1 aromatic heterocycles. The van der Waals surface area contributed by atoms with Crippen LogP contribution in [0.2, 0.25) is 0 Å². The summed E-state index contributed by atoms with van der Waals surface area (Å²) in [6.07, 6.45) is 5.69. The predicted octanol–water partition coefficient (Wildman–Crippen LogP) is 4.36. The van der Waals surface area contributed by atoms with Crippen molar-refractivity contribution in [2.75, 3.05) is 11.3 Å². The van der Waals surface area contributed by atoms with Crippen LogP contribution in [0.3, 0.4) is 0 Å². The van der Waals surface area contributed by atoms with Crippen LogP contribution in [0.15, 0.2) is 45.6 Å². The maximum absolute atomic E-state index is 13.2. The van der Waals surface area contributed by atoms with Gasteiger partial charge >= 0.3 is 11.9 Å². The van der Waals surface area contributed by atoms with E-state index in [2.05, 4.69) is 22.0 Å². The molecule has 3 N–H and O–H groups in total. The van der Waals surface area contributed by atoms with E-state index in [-0.39, 0.29) is 4.21 Å². The van der Waals surface area contributed by atoms with Crippen LogP contribution in [0, 0.1) is 5.92 Å². The van der Waals surface area contributed by atoms with Crippen molar-refractivity contribution in [3.63, 3.8) is 0 Å². The first kappa shape index (κ1) is 25.6. The van der Waals surface area contributed by atoms with Crippen molar-refractivity contribution >= 4 is 38.9 Å². The molecule has 1 aliphatic heterocycles. The largest absolute Gasteiger partial charge is 0.474 e. The number of carboxylic acid groups (broad SMARTS) is 1. The van der Waals surface area contributed by atoms with Gasteiger partial charge in [-0.15, -0.1) is 16.4 Å². The van der Waals surface area contributed by atoms with Crippen LogP contribution in [-0.2, 0) is 26.2 Å². The molecule has 1 aliphatic carbocycles. The van der Waals surface area contributed by atoms with Crippen LogP contribution < -0.4 is 10.0 Å². The van der Waals surface area contributed by atoms with Crippen LogP contribution >= 0.6 is 11.3 Å². The van der Waals surface area contributed by atoms with Crippen molar-refractivity contribution in [1.29, 1.82) is 0 Å². The average Bonchev–Trinajstić information content (AvgIpc) is 3.58. The van der Waals surface area contributed by atoms with Gasteiger partial charge in [-0.25, -0.2) is 18.2 Å². The number of hydroxylamine groups is 2. The molecule has 1 saturated carbocycles. The van der Waals surface area contributed by atoms with Gasteiger partial charge in [-0.05, 0) is 49.9 Å². The lowest BCUT2D eigenvalue weighted by molar-refractivity contribution is -0.136. The summed E-state index contributed by atoms with van der Waals surface area (Å²) in [5.74, 6) is -0.889. The molecule has 1 fully saturated rings. The summed E-state index contributed by atoms with van der Waals surface area (Å²) in [5.41, 5.74) is 1.41. The van der Waals surface area contributed by atoms with Gasteiger partial charge in [0.15, 0.2) is 6.17 Å². The fourth-order valence-corrected chi connectivity index (χ4v) is 7.07. The molecular weight excluding hydrogens is 488 g/mol. The molecule has 2 atom stereocenters. The van der Waals surface area contributed by atoms with E-state index < -0.39 is 28.1 Å². The van der Waals surface area contributed by atoms with Crippen LogP contribution in [0.4, 0.5) is 5.69 Å². The maximum atomic E-state index is 13.2. The molecule has 2 heterocycles. The standard InChI is InChI=1S/C24H32N4O5S2/c1-3-28-22(26-23(33-28)24(29)30)20-12-13-21(34-20)35(31,32)27-19-11-7-6-10-18(19)15-25-16(2)14-17-8-4-5-9-17/h6-7,10-13,16-17,22,25,27H,3-5,8-9,14-15H2,1-2H3,(H,29,30)/t16-,22?/m0/s1. The number of aliphatic carboxylic acids is 1. The zero-order valence-corrected chi connectivity index (χ0v) is 21.6. The molecule has 0 radical (unpaired) electrons. The second-order valence-electron chi connectivity index (χ2n) is 9.03. The minimum atomic E-state index is -3.84. The molecule has 35 heavy (non-hydrogen) atoms. The van der Waals surface area contributed by atoms with E-state index in [4.69, 9.17) is 4.84 Å². The number of rotatable bonds is 11. The highest BCUT2D eigenvalue weighted by atomic mass is 32.2. The van der Waals surface area contributed by atoms with Gasteiger partial charge in [0.1, 0.15) is 4.21 Å². The Balaban J connectivity index is 1.44. The Morgan fingerprint density at radius 2 is 2.00 bits per heavy atom. The van der Waals surface area contributed by atoms with Crippen LogP contribution in [0.1, 0.15) is 62.6 Å². The molecule has 11 heteroatoms. The summed E-state index contributed by atoms with van der Waals surface area (Å²) in [5, 5.41) is 14.1. The minimum Gasteiger partial charge on any atom is -0.474 e. The van der Waals surface area contributed by atoms with Crippen molar-refractivity contribution in [2.24, 2.45) is 10.9 Å². The number of benzene rings is 1. The van der Waals surface area contributed by atoms with Gasteiger partial charge in [0.2, 0.25) is 0 Å². The molecule has 190 valence electrons. The third kappa shape index (κ3) is 6.21. The van der Waals surface area contributed by atoms with Crippen molar-refractivity contribution < 1.29 is 23.2 Å². The van der Waals surface area contributed by atoms with Crippen molar-refractivity contribution in [1.82, 2.24) is 10.4 Å². The number of thiophene rings is 1. The highest BCUT2D eigenvalue weighted by Crippen LogP contribution is 2.35. The van der Waals surface area contributed by atoms with Gasteiger partial charge in [-0.3, -0.25) is 4.72 Å². The molecule has 1 aromatic carbocycles. The zero-order chi connectivity index (χ0) is 25.0. The zero-order valence-electron chi connectivity index (χ0n) is 19.9. The van der Waals surface area contributed by atoms with E-state index in [9.17, 15) is 18.3 Å². The Hall–Kier alpha value is -2.47. The Kier molecular flexibility index (Phi) is 8.10. The molecule has 4 rings (SSSR count). The molecule has 0 bridgehead atoms. The second kappa shape index (κ2) is 11.1. The lowest BCUT2D eigenvalue weighted by atomic mass is 9.99. The summed E-state index contributed by atoms with van der Waals surface area (Å²) >= 11 is 1.04. The van der Waals surface area contributed by atoms with Gasteiger partial charge < -0.3 is 15.3 Å². The second-order valence-corrected chi connectivity index (χ2v) is 12.0. The van der Waals surface area contributed by atoms with Gasteiger partial charge in [0, 0.05) is 24.0 Å². The van der Waals surface area contributed by atoms with Crippen LogP contribution in [-0.4, -0.2) is 43.0 Å². The van der Waals surface area contributed by atoms with E-state index in [1.165, 1.54) is 36.8 Å². The lowest BCUT2D eigenvalue weighted by Crippen LogP contribution is -2.28. The Bertz CT molecular complexity index is 1170. The summed E-state index contributed by atoms with van der Waals surface area (Å²) in [6.45, 7) is 4.95. The first-order valence-electron chi connectivity index (χ1n) is 12.0. The maximum Gasteiger partial charge on any atom is 0.393 e. The number of aliphatic imine (C=N–C) groups is 1. The van der Waals surface area contributed by atoms with E-state index in [1.807, 2.05) is 12.1 Å². The summed E-state index contributed by atoms with van der Waals surface area (Å²) < 4.78 is 29.2. The molecule has 0 saturated heterocycles. The molecule has 0 spiro atoms. The first-order valence-corrected chi connectivity index (χ1v) is 14.3. The number of carboxylic acids is 1. The minimum absolute atomic E-state index is 0.125. The molecule has 1 unspecified atom stereocenters. The van der Waals surface area contributed by atoms with Crippen LogP contribution in [0.25, 0.3) is 0 Å². The number of anilines is 1. The smallest absolute Gasteiger partial charge is 0.393 e. The Morgan fingerprint density at radius 1 is 1.26 bits per heavy atom. The summed E-state index contributed by atoms with van der Waals surface area (Å²) in [6, 6.07) is 10.9. The first-order chi connectivity index (χ1) is 16.8. The normalized spacial score (nSPS) is 19.9. The number of sulfonamides is 1. The molecule has 0 amide bonds. The van der Waals surface area contributed by atoms with Crippen LogP contribution in [0.5, 0.6) is 0 Å². The quantitative estimate of drug-likeness (QED) is 0.403.